The van der Waals surface area contributed by atoms with E-state index in [-0.39, 0.29) is 12.1 Å². The smallest absolute Gasteiger partial charge is 0.319 e. The fourth-order valence-corrected chi connectivity index (χ4v) is 5.12. The number of anilines is 1. The molecule has 5 rings (SSSR count). The van der Waals surface area contributed by atoms with Gasteiger partial charge in [-0.3, -0.25) is 4.98 Å². The molecule has 5 heteroatoms. The Hall–Kier alpha value is -3.70. The summed E-state index contributed by atoms with van der Waals surface area (Å²) in [4.78, 5) is 19.8. The lowest BCUT2D eigenvalue weighted by Gasteiger charge is -2.22. The zero-order chi connectivity index (χ0) is 24.0. The highest BCUT2D eigenvalue weighted by molar-refractivity contribution is 6.00. The standard InChI is InChI=1S/C30H32N4O/c1-22-20-29(27-14-8-9-15-28(27)31-22)33-30(35)32-25-16-18-34(21-25)19-17-26(23-10-4-2-5-11-23)24-12-6-3-7-13-24/h2-15,20,25-26H,16-19,21H2,1H3,(H2,31,32,33,35)/t25-/m0/s1. The molecule has 5 nitrogen and oxygen atoms in total. The van der Waals surface area contributed by atoms with Gasteiger partial charge in [0.25, 0.3) is 0 Å². The molecule has 2 heterocycles. The van der Waals surface area contributed by atoms with Crippen molar-refractivity contribution in [2.75, 3.05) is 25.0 Å². The average molecular weight is 465 g/mol. The molecule has 1 saturated heterocycles. The lowest BCUT2D eigenvalue weighted by molar-refractivity contribution is 0.247. The van der Waals surface area contributed by atoms with E-state index < -0.39 is 0 Å². The minimum absolute atomic E-state index is 0.149. The summed E-state index contributed by atoms with van der Waals surface area (Å²) < 4.78 is 0. The van der Waals surface area contributed by atoms with Crippen molar-refractivity contribution in [1.29, 1.82) is 0 Å². The first-order chi connectivity index (χ1) is 17.2. The molecular formula is C30H32N4O. The first-order valence-corrected chi connectivity index (χ1v) is 12.4. The number of carbonyl (C=O) groups is 1. The number of urea groups is 1. The number of nitrogens with zero attached hydrogens (tertiary/aromatic N) is 2. The van der Waals surface area contributed by atoms with Gasteiger partial charge < -0.3 is 15.5 Å². The number of rotatable bonds is 7. The van der Waals surface area contributed by atoms with Gasteiger partial charge in [-0.1, -0.05) is 78.9 Å². The molecule has 1 atom stereocenters. The molecule has 0 bridgehead atoms. The van der Waals surface area contributed by atoms with Gasteiger partial charge in [0.1, 0.15) is 0 Å². The Balaban J connectivity index is 1.18. The van der Waals surface area contributed by atoms with Crippen LogP contribution in [0, 0.1) is 6.92 Å². The van der Waals surface area contributed by atoms with Crippen molar-refractivity contribution >= 4 is 22.6 Å². The summed E-state index contributed by atoms with van der Waals surface area (Å²) in [6.07, 6.45) is 2.01. The van der Waals surface area contributed by atoms with Crippen LogP contribution in [-0.2, 0) is 0 Å². The van der Waals surface area contributed by atoms with Crippen LogP contribution in [0.2, 0.25) is 0 Å². The lowest BCUT2D eigenvalue weighted by atomic mass is 9.88. The molecule has 0 aliphatic carbocycles. The normalized spacial score (nSPS) is 16.0. The number of aryl methyl sites for hydroxylation is 1. The van der Waals surface area contributed by atoms with Gasteiger partial charge >= 0.3 is 6.03 Å². The Bertz CT molecular complexity index is 1240. The number of amides is 2. The summed E-state index contributed by atoms with van der Waals surface area (Å²) in [6.45, 7) is 4.82. The van der Waals surface area contributed by atoms with E-state index in [1.165, 1.54) is 11.1 Å². The van der Waals surface area contributed by atoms with Crippen LogP contribution in [0.25, 0.3) is 10.9 Å². The van der Waals surface area contributed by atoms with Crippen LogP contribution in [0.1, 0.15) is 35.6 Å². The molecule has 35 heavy (non-hydrogen) atoms. The number of para-hydroxylation sites is 1. The van der Waals surface area contributed by atoms with Crippen LogP contribution in [0.5, 0.6) is 0 Å². The van der Waals surface area contributed by atoms with E-state index in [0.29, 0.717) is 5.92 Å². The summed E-state index contributed by atoms with van der Waals surface area (Å²) in [5, 5.41) is 7.19. The van der Waals surface area contributed by atoms with Gasteiger partial charge in [-0.25, -0.2) is 4.79 Å². The highest BCUT2D eigenvalue weighted by Crippen LogP contribution is 2.29. The Morgan fingerprint density at radius 3 is 2.34 bits per heavy atom. The van der Waals surface area contributed by atoms with Crippen molar-refractivity contribution < 1.29 is 4.79 Å². The van der Waals surface area contributed by atoms with Crippen molar-refractivity contribution in [2.45, 2.75) is 31.7 Å². The van der Waals surface area contributed by atoms with E-state index in [1.807, 2.05) is 37.3 Å². The van der Waals surface area contributed by atoms with Crippen LogP contribution in [0.3, 0.4) is 0 Å². The van der Waals surface area contributed by atoms with Crippen LogP contribution in [-0.4, -0.2) is 41.6 Å². The van der Waals surface area contributed by atoms with Crippen molar-refractivity contribution in [1.82, 2.24) is 15.2 Å². The molecule has 0 saturated carbocycles. The molecule has 0 radical (unpaired) electrons. The predicted molar refractivity (Wildman–Crippen MR) is 143 cm³/mol. The quantitative estimate of drug-likeness (QED) is 0.355. The SMILES string of the molecule is Cc1cc(NC(=O)N[C@H]2CCN(CCC(c3ccccc3)c3ccccc3)C2)c2ccccc2n1. The van der Waals surface area contributed by atoms with Gasteiger partial charge in [-0.15, -0.1) is 0 Å². The molecule has 1 aliphatic rings. The topological polar surface area (TPSA) is 57.3 Å². The third kappa shape index (κ3) is 5.69. The van der Waals surface area contributed by atoms with E-state index >= 15 is 0 Å². The van der Waals surface area contributed by atoms with Gasteiger partial charge in [-0.05, 0) is 49.6 Å². The summed E-state index contributed by atoms with van der Waals surface area (Å²) in [6, 6.07) is 31.3. The first kappa shape index (κ1) is 23.1. The van der Waals surface area contributed by atoms with Crippen LogP contribution in [0.15, 0.2) is 91.0 Å². The van der Waals surface area contributed by atoms with E-state index in [0.717, 1.165) is 54.8 Å². The minimum atomic E-state index is -0.154. The Morgan fingerprint density at radius 2 is 1.63 bits per heavy atom. The van der Waals surface area contributed by atoms with Gasteiger partial charge in [0.05, 0.1) is 11.2 Å². The molecule has 1 aliphatic heterocycles. The van der Waals surface area contributed by atoms with Crippen molar-refractivity contribution in [3.63, 3.8) is 0 Å². The fourth-order valence-electron chi connectivity index (χ4n) is 5.12. The molecule has 1 fully saturated rings. The summed E-state index contributed by atoms with van der Waals surface area (Å²) >= 11 is 0. The average Bonchev–Trinajstić information content (AvgIpc) is 3.32. The number of nitrogens with one attached hydrogen (secondary N) is 2. The second-order valence-corrected chi connectivity index (χ2v) is 9.38. The largest absolute Gasteiger partial charge is 0.334 e. The van der Waals surface area contributed by atoms with Crippen LogP contribution in [0.4, 0.5) is 10.5 Å². The van der Waals surface area contributed by atoms with E-state index in [4.69, 9.17) is 0 Å². The Kier molecular flexibility index (Phi) is 7.05. The highest BCUT2D eigenvalue weighted by Gasteiger charge is 2.25. The third-order valence-electron chi connectivity index (χ3n) is 6.84. The van der Waals surface area contributed by atoms with Crippen molar-refractivity contribution in [3.05, 3.63) is 108 Å². The zero-order valence-electron chi connectivity index (χ0n) is 20.2. The maximum atomic E-state index is 12.8. The van der Waals surface area contributed by atoms with Crippen LogP contribution < -0.4 is 10.6 Å². The number of fused-ring (bicyclic) bond motifs is 1. The predicted octanol–water partition coefficient (Wildman–Crippen LogP) is 5.96. The Labute approximate surface area is 207 Å². The molecule has 4 aromatic rings. The zero-order valence-corrected chi connectivity index (χ0v) is 20.2. The first-order valence-electron chi connectivity index (χ1n) is 12.4. The number of benzene rings is 3. The van der Waals surface area contributed by atoms with Crippen molar-refractivity contribution in [2.24, 2.45) is 0 Å². The van der Waals surface area contributed by atoms with E-state index in [2.05, 4.69) is 81.2 Å². The van der Waals surface area contributed by atoms with Crippen LogP contribution >= 0.6 is 0 Å². The summed E-state index contributed by atoms with van der Waals surface area (Å²) in [7, 11) is 0. The molecule has 3 aromatic carbocycles. The number of likely N-dealkylation sites (tertiary alicyclic amines) is 1. The van der Waals surface area contributed by atoms with Gasteiger partial charge in [0.15, 0.2) is 0 Å². The van der Waals surface area contributed by atoms with E-state index in [9.17, 15) is 4.79 Å². The monoisotopic (exact) mass is 464 g/mol. The number of hydrogen-bond acceptors (Lipinski definition) is 3. The van der Waals surface area contributed by atoms with Gasteiger partial charge in [0.2, 0.25) is 0 Å². The second-order valence-electron chi connectivity index (χ2n) is 9.38. The van der Waals surface area contributed by atoms with Crippen molar-refractivity contribution in [3.8, 4) is 0 Å². The highest BCUT2D eigenvalue weighted by atomic mass is 16.2. The molecule has 178 valence electrons. The molecule has 1 aromatic heterocycles. The van der Waals surface area contributed by atoms with E-state index in [1.54, 1.807) is 0 Å². The molecule has 0 spiro atoms. The fraction of sp³-hybridized carbons (Fsp3) is 0.267. The maximum absolute atomic E-state index is 12.8. The Morgan fingerprint density at radius 1 is 0.971 bits per heavy atom. The second kappa shape index (κ2) is 10.7. The number of pyridine rings is 1. The summed E-state index contributed by atoms with van der Waals surface area (Å²) in [5.74, 6) is 0.371. The minimum Gasteiger partial charge on any atom is -0.334 e. The third-order valence-corrected chi connectivity index (χ3v) is 6.84. The molecule has 2 N–H and O–H groups in total. The van der Waals surface area contributed by atoms with Gasteiger partial charge in [-0.2, -0.15) is 0 Å². The number of carbonyl (C=O) groups excluding carboxylic acids is 1. The lowest BCUT2D eigenvalue weighted by Crippen LogP contribution is -2.40. The number of hydrogen-bond donors (Lipinski definition) is 2. The maximum Gasteiger partial charge on any atom is 0.319 e. The van der Waals surface area contributed by atoms with Gasteiger partial charge in [0, 0.05) is 36.1 Å². The number of aromatic nitrogens is 1. The molecule has 2 amide bonds. The summed E-state index contributed by atoms with van der Waals surface area (Å²) in [5.41, 5.74) is 5.28. The molecule has 0 unspecified atom stereocenters. The molecular weight excluding hydrogens is 432 g/mol.